The Labute approximate surface area is 234 Å². The van der Waals surface area contributed by atoms with Gasteiger partial charge in [0.25, 0.3) is 0 Å². The van der Waals surface area contributed by atoms with Gasteiger partial charge in [0, 0.05) is 30.0 Å². The Morgan fingerprint density at radius 3 is 2.23 bits per heavy atom. The zero-order chi connectivity index (χ0) is 27.1. The third-order valence-corrected chi connectivity index (χ3v) is 8.90. The van der Waals surface area contributed by atoms with Crippen LogP contribution in [-0.4, -0.2) is 30.5 Å². The van der Waals surface area contributed by atoms with Gasteiger partial charge in [0.2, 0.25) is 11.7 Å². The normalized spacial score (nSPS) is 19.7. The molecule has 4 aromatic rings. The molecule has 40 heavy (non-hydrogen) atoms. The molecule has 1 N–H and O–H groups in total. The van der Waals surface area contributed by atoms with Crippen LogP contribution in [-0.2, 0) is 36.3 Å². The van der Waals surface area contributed by atoms with Gasteiger partial charge in [0.15, 0.2) is 0 Å². The second kappa shape index (κ2) is 10.2. The maximum atomic E-state index is 17.3. The number of benzene rings is 4. The average molecular weight is 533 g/mol. The summed E-state index contributed by atoms with van der Waals surface area (Å²) in [6, 6.07) is 31.9. The van der Waals surface area contributed by atoms with E-state index in [4.69, 9.17) is 4.74 Å². The van der Waals surface area contributed by atoms with Crippen LogP contribution < -0.4 is 10.1 Å². The van der Waals surface area contributed by atoms with Crippen LogP contribution in [0, 0.1) is 5.92 Å². The summed E-state index contributed by atoms with van der Waals surface area (Å²) in [7, 11) is 0. The van der Waals surface area contributed by atoms with Gasteiger partial charge in [-0.3, -0.25) is 9.69 Å². The van der Waals surface area contributed by atoms with E-state index in [2.05, 4.69) is 64.8 Å². The summed E-state index contributed by atoms with van der Waals surface area (Å²) < 4.78 is 23.4. The molecule has 1 amide bonds. The van der Waals surface area contributed by atoms with Crippen LogP contribution in [0.2, 0.25) is 0 Å². The Balaban J connectivity index is 1.20. The van der Waals surface area contributed by atoms with E-state index in [-0.39, 0.29) is 24.4 Å². The van der Waals surface area contributed by atoms with Gasteiger partial charge in [-0.1, -0.05) is 97.1 Å². The van der Waals surface area contributed by atoms with E-state index in [0.717, 1.165) is 35.3 Å². The summed E-state index contributed by atoms with van der Waals surface area (Å²) in [5.41, 5.74) is 7.57. The monoisotopic (exact) mass is 532 g/mol. The Kier molecular flexibility index (Phi) is 6.39. The molecule has 7 rings (SSSR count). The summed E-state index contributed by atoms with van der Waals surface area (Å²) in [4.78, 5) is 16.0. The largest absolute Gasteiger partial charge is 0.493 e. The van der Waals surface area contributed by atoms with Crippen molar-refractivity contribution in [2.24, 2.45) is 5.92 Å². The number of alkyl halides is 1. The van der Waals surface area contributed by atoms with Crippen LogP contribution >= 0.6 is 0 Å². The van der Waals surface area contributed by atoms with Crippen LogP contribution in [0.4, 0.5) is 4.39 Å². The molecule has 202 valence electrons. The first-order valence-electron chi connectivity index (χ1n) is 14.3. The highest BCUT2D eigenvalue weighted by Gasteiger charge is 2.45. The average Bonchev–Trinajstić information content (AvgIpc) is 3.65. The molecule has 4 nitrogen and oxygen atoms in total. The molecule has 1 aliphatic carbocycles. The minimum absolute atomic E-state index is 0.0981. The molecule has 2 heterocycles. The highest BCUT2D eigenvalue weighted by Crippen LogP contribution is 2.43. The zero-order valence-corrected chi connectivity index (χ0v) is 22.5. The number of amides is 1. The first kappa shape index (κ1) is 25.0. The molecular formula is C35H33FN2O2. The van der Waals surface area contributed by atoms with Crippen molar-refractivity contribution in [3.05, 3.63) is 136 Å². The number of ether oxygens (including phenoxy) is 1. The van der Waals surface area contributed by atoms with E-state index in [1.54, 1.807) is 12.1 Å². The van der Waals surface area contributed by atoms with Crippen LogP contribution in [0.3, 0.4) is 0 Å². The quantitative estimate of drug-likeness (QED) is 0.314. The fourth-order valence-corrected chi connectivity index (χ4v) is 6.97. The molecule has 0 bridgehead atoms. The molecule has 0 aromatic heterocycles. The molecule has 2 unspecified atom stereocenters. The van der Waals surface area contributed by atoms with Crippen molar-refractivity contribution < 1.29 is 13.9 Å². The van der Waals surface area contributed by atoms with E-state index in [1.807, 2.05) is 30.3 Å². The first-order chi connectivity index (χ1) is 19.6. The molecular weight excluding hydrogens is 499 g/mol. The SMILES string of the molecule is O=C(CN1CCc2ccccc2C1c1cccc2c1OCC2)NC(F)(c1ccccc1)C1Cc2ccccc2C1. The summed E-state index contributed by atoms with van der Waals surface area (Å²) in [5, 5.41) is 2.90. The number of nitrogens with one attached hydrogen (secondary N) is 1. The van der Waals surface area contributed by atoms with Crippen molar-refractivity contribution >= 4 is 5.91 Å². The molecule has 0 radical (unpaired) electrons. The van der Waals surface area contributed by atoms with Gasteiger partial charge in [-0.2, -0.15) is 0 Å². The number of halogens is 1. The lowest BCUT2D eigenvalue weighted by atomic mass is 9.86. The lowest BCUT2D eigenvalue weighted by Gasteiger charge is -2.39. The van der Waals surface area contributed by atoms with Gasteiger partial charge < -0.3 is 10.1 Å². The van der Waals surface area contributed by atoms with E-state index in [1.165, 1.54) is 16.7 Å². The van der Waals surface area contributed by atoms with Gasteiger partial charge >= 0.3 is 0 Å². The van der Waals surface area contributed by atoms with Crippen molar-refractivity contribution in [3.63, 3.8) is 0 Å². The number of fused-ring (bicyclic) bond motifs is 3. The molecule has 0 spiro atoms. The number of hydrogen-bond acceptors (Lipinski definition) is 3. The van der Waals surface area contributed by atoms with Gasteiger partial charge in [-0.25, -0.2) is 4.39 Å². The lowest BCUT2D eigenvalue weighted by Crippen LogP contribution is -2.52. The number of carbonyl (C=O) groups excluding carboxylic acids is 1. The summed E-state index contributed by atoms with van der Waals surface area (Å²) >= 11 is 0. The topological polar surface area (TPSA) is 41.6 Å². The third-order valence-electron chi connectivity index (χ3n) is 8.90. The summed E-state index contributed by atoms with van der Waals surface area (Å²) in [6.45, 7) is 1.48. The predicted molar refractivity (Wildman–Crippen MR) is 154 cm³/mol. The Hall–Kier alpha value is -3.96. The van der Waals surface area contributed by atoms with Gasteiger partial charge in [-0.05, 0) is 47.1 Å². The third kappa shape index (κ3) is 4.39. The Morgan fingerprint density at radius 1 is 0.800 bits per heavy atom. The maximum Gasteiger partial charge on any atom is 0.236 e. The van der Waals surface area contributed by atoms with Gasteiger partial charge in [0.05, 0.1) is 19.2 Å². The number of nitrogens with zero attached hydrogens (tertiary/aromatic N) is 1. The van der Waals surface area contributed by atoms with Crippen LogP contribution in [0.5, 0.6) is 5.75 Å². The van der Waals surface area contributed by atoms with E-state index >= 15 is 4.39 Å². The molecule has 0 saturated carbocycles. The van der Waals surface area contributed by atoms with Crippen LogP contribution in [0.1, 0.15) is 45.0 Å². The fourth-order valence-electron chi connectivity index (χ4n) is 6.97. The number of rotatable bonds is 6. The van der Waals surface area contributed by atoms with E-state index < -0.39 is 5.79 Å². The van der Waals surface area contributed by atoms with Crippen molar-refractivity contribution in [1.29, 1.82) is 0 Å². The van der Waals surface area contributed by atoms with Crippen molar-refractivity contribution in [2.45, 2.75) is 37.5 Å². The summed E-state index contributed by atoms with van der Waals surface area (Å²) in [5.74, 6) is -1.72. The molecule has 2 atom stereocenters. The smallest absolute Gasteiger partial charge is 0.236 e. The molecule has 4 aromatic carbocycles. The fraction of sp³-hybridized carbons (Fsp3) is 0.286. The van der Waals surface area contributed by atoms with Gasteiger partial charge in [0.1, 0.15) is 5.75 Å². The van der Waals surface area contributed by atoms with Crippen molar-refractivity contribution in [3.8, 4) is 5.75 Å². The molecule has 3 aliphatic rings. The zero-order valence-electron chi connectivity index (χ0n) is 22.5. The van der Waals surface area contributed by atoms with E-state index in [9.17, 15) is 4.79 Å². The second-order valence-corrected chi connectivity index (χ2v) is 11.3. The number of para-hydroxylation sites is 1. The van der Waals surface area contributed by atoms with E-state index in [0.29, 0.717) is 31.6 Å². The second-order valence-electron chi connectivity index (χ2n) is 11.3. The lowest BCUT2D eigenvalue weighted by molar-refractivity contribution is -0.129. The highest BCUT2D eigenvalue weighted by atomic mass is 19.1. The molecule has 2 aliphatic heterocycles. The number of carbonyl (C=O) groups is 1. The van der Waals surface area contributed by atoms with Crippen molar-refractivity contribution in [2.75, 3.05) is 19.7 Å². The van der Waals surface area contributed by atoms with Gasteiger partial charge in [-0.15, -0.1) is 0 Å². The van der Waals surface area contributed by atoms with Crippen LogP contribution in [0.15, 0.2) is 97.1 Å². The first-order valence-corrected chi connectivity index (χ1v) is 14.3. The minimum Gasteiger partial charge on any atom is -0.493 e. The van der Waals surface area contributed by atoms with Crippen LogP contribution in [0.25, 0.3) is 0 Å². The molecule has 0 saturated heterocycles. The number of hydrogen-bond donors (Lipinski definition) is 1. The standard InChI is InChI=1S/C35H33FN2O2/c36-35(28-13-2-1-3-14-28,29-21-26-10-4-5-11-27(26)22-29)37-32(39)23-38-19-17-24-9-6-7-15-30(24)33(38)31-16-8-12-25-18-20-40-34(25)31/h1-16,29,33H,17-23H2,(H,37,39). The maximum absolute atomic E-state index is 17.3. The molecule has 0 fully saturated rings. The highest BCUT2D eigenvalue weighted by molar-refractivity contribution is 5.79. The minimum atomic E-state index is -1.97. The summed E-state index contributed by atoms with van der Waals surface area (Å²) in [6.07, 6.45) is 2.92. The predicted octanol–water partition coefficient (Wildman–Crippen LogP) is 5.92. The molecule has 5 heteroatoms. The van der Waals surface area contributed by atoms with Crippen molar-refractivity contribution in [1.82, 2.24) is 10.2 Å². The Morgan fingerprint density at radius 2 is 1.45 bits per heavy atom. The Bertz CT molecular complexity index is 1530.